The van der Waals surface area contributed by atoms with Gasteiger partial charge in [0.1, 0.15) is 12.4 Å². The molecule has 0 aliphatic carbocycles. The number of rotatable bonds is 6. The highest BCUT2D eigenvalue weighted by molar-refractivity contribution is 7.88. The highest BCUT2D eigenvalue weighted by Gasteiger charge is 2.26. The Morgan fingerprint density at radius 2 is 1.68 bits per heavy atom. The second-order valence-corrected chi connectivity index (χ2v) is 10.2. The van der Waals surface area contributed by atoms with Gasteiger partial charge in [0.2, 0.25) is 15.9 Å². The van der Waals surface area contributed by atoms with Crippen LogP contribution in [0.1, 0.15) is 24.0 Å². The molecule has 2 aliphatic heterocycles. The van der Waals surface area contributed by atoms with Crippen LogP contribution in [0.25, 0.3) is 0 Å². The van der Waals surface area contributed by atoms with Crippen LogP contribution < -0.4 is 14.5 Å². The van der Waals surface area contributed by atoms with E-state index in [1.807, 2.05) is 54.3 Å². The van der Waals surface area contributed by atoms with E-state index in [1.54, 1.807) is 0 Å². The third kappa shape index (κ3) is 5.02. The molecule has 1 amide bonds. The summed E-state index contributed by atoms with van der Waals surface area (Å²) in [6.07, 6.45) is 2.72. The molecule has 4 rings (SSSR count). The Morgan fingerprint density at radius 1 is 0.968 bits per heavy atom. The van der Waals surface area contributed by atoms with E-state index in [4.69, 9.17) is 4.74 Å². The second-order valence-electron chi connectivity index (χ2n) is 8.21. The molecule has 2 fully saturated rings. The summed E-state index contributed by atoms with van der Waals surface area (Å²) in [7, 11) is -3.18. The van der Waals surface area contributed by atoms with E-state index in [2.05, 4.69) is 4.90 Å². The number of amides is 1. The Morgan fingerprint density at radius 3 is 2.29 bits per heavy atom. The summed E-state index contributed by atoms with van der Waals surface area (Å²) in [5.74, 6) is 0.945. The highest BCUT2D eigenvalue weighted by atomic mass is 32.2. The van der Waals surface area contributed by atoms with Crippen molar-refractivity contribution in [2.24, 2.45) is 0 Å². The smallest absolute Gasteiger partial charge is 0.227 e. The van der Waals surface area contributed by atoms with Crippen LogP contribution in [-0.4, -0.2) is 57.6 Å². The molecule has 2 aromatic carbocycles. The van der Waals surface area contributed by atoms with Crippen molar-refractivity contribution in [1.29, 1.82) is 0 Å². The summed E-state index contributed by atoms with van der Waals surface area (Å²) >= 11 is 0. The number of nitrogens with zero attached hydrogens (tertiary/aromatic N) is 3. The number of hydrogen-bond donors (Lipinski definition) is 0. The molecular formula is C23H29N3O4S. The Kier molecular flexibility index (Phi) is 6.20. The number of sulfonamides is 1. The summed E-state index contributed by atoms with van der Waals surface area (Å²) in [6.45, 7) is 5.31. The molecule has 0 N–H and O–H groups in total. The van der Waals surface area contributed by atoms with Gasteiger partial charge in [-0.05, 0) is 43.7 Å². The molecule has 7 nitrogen and oxygen atoms in total. The van der Waals surface area contributed by atoms with Gasteiger partial charge in [-0.25, -0.2) is 8.42 Å². The zero-order valence-electron chi connectivity index (χ0n) is 18.1. The fourth-order valence-electron chi connectivity index (χ4n) is 4.14. The van der Waals surface area contributed by atoms with Gasteiger partial charge in [-0.3, -0.25) is 4.79 Å². The molecular weight excluding hydrogens is 414 g/mol. The maximum atomic E-state index is 12.2. The molecule has 2 aromatic rings. The number of carbonyl (C=O) groups is 1. The van der Waals surface area contributed by atoms with Gasteiger partial charge in [0.25, 0.3) is 0 Å². The second kappa shape index (κ2) is 8.88. The summed E-state index contributed by atoms with van der Waals surface area (Å²) in [5.41, 5.74) is 4.08. The molecule has 0 radical (unpaired) electrons. The lowest BCUT2D eigenvalue weighted by Crippen LogP contribution is -2.48. The van der Waals surface area contributed by atoms with Crippen LogP contribution >= 0.6 is 0 Å². The molecule has 8 heteroatoms. The first-order valence-electron chi connectivity index (χ1n) is 10.6. The molecule has 2 heterocycles. The third-order valence-electron chi connectivity index (χ3n) is 5.91. The normalized spacial score (nSPS) is 17.9. The minimum Gasteiger partial charge on any atom is -0.489 e. The largest absolute Gasteiger partial charge is 0.489 e. The molecule has 0 atom stereocenters. The predicted molar refractivity (Wildman–Crippen MR) is 122 cm³/mol. The van der Waals surface area contributed by atoms with Gasteiger partial charge in [-0.2, -0.15) is 4.31 Å². The van der Waals surface area contributed by atoms with E-state index in [0.29, 0.717) is 39.2 Å². The minimum absolute atomic E-state index is 0.153. The molecule has 0 unspecified atom stereocenters. The fraction of sp³-hybridized carbons (Fsp3) is 0.435. The van der Waals surface area contributed by atoms with Crippen molar-refractivity contribution in [3.8, 4) is 5.75 Å². The zero-order chi connectivity index (χ0) is 22.0. The van der Waals surface area contributed by atoms with E-state index in [9.17, 15) is 13.2 Å². The van der Waals surface area contributed by atoms with Crippen molar-refractivity contribution in [3.05, 3.63) is 53.6 Å². The standard InChI is InChI=1S/C23H29N3O4S/c1-18-5-8-21(9-6-18)30-17-19-16-20(26-11-3-4-23(26)27)7-10-22(19)24-12-14-25(15-13-24)31(2,28)29/h5-10,16H,3-4,11-15,17H2,1-2H3. The molecule has 0 bridgehead atoms. The van der Waals surface area contributed by atoms with Crippen LogP contribution in [0.4, 0.5) is 11.4 Å². The first kappa shape index (κ1) is 21.6. The fourth-order valence-corrected chi connectivity index (χ4v) is 4.97. The lowest BCUT2D eigenvalue weighted by atomic mass is 10.1. The number of benzene rings is 2. The number of aryl methyl sites for hydroxylation is 1. The van der Waals surface area contributed by atoms with E-state index in [0.717, 1.165) is 35.7 Å². The monoisotopic (exact) mass is 443 g/mol. The van der Waals surface area contributed by atoms with Crippen molar-refractivity contribution in [1.82, 2.24) is 4.31 Å². The average Bonchev–Trinajstić information content (AvgIpc) is 3.18. The zero-order valence-corrected chi connectivity index (χ0v) is 18.9. The van der Waals surface area contributed by atoms with Crippen molar-refractivity contribution < 1.29 is 17.9 Å². The van der Waals surface area contributed by atoms with E-state index >= 15 is 0 Å². The van der Waals surface area contributed by atoms with Crippen molar-refractivity contribution in [2.75, 3.05) is 48.8 Å². The van der Waals surface area contributed by atoms with Gasteiger partial charge in [0, 0.05) is 56.1 Å². The summed E-state index contributed by atoms with van der Waals surface area (Å²) in [4.78, 5) is 16.3. The maximum absolute atomic E-state index is 12.2. The number of carbonyl (C=O) groups excluding carboxylic acids is 1. The summed E-state index contributed by atoms with van der Waals surface area (Å²) in [6, 6.07) is 14.0. The van der Waals surface area contributed by atoms with Gasteiger partial charge < -0.3 is 14.5 Å². The molecule has 31 heavy (non-hydrogen) atoms. The SMILES string of the molecule is Cc1ccc(OCc2cc(N3CCCC3=O)ccc2N2CCN(S(C)(=O)=O)CC2)cc1. The summed E-state index contributed by atoms with van der Waals surface area (Å²) < 4.78 is 31.3. The van der Waals surface area contributed by atoms with E-state index < -0.39 is 10.0 Å². The number of piperazine rings is 1. The lowest BCUT2D eigenvalue weighted by molar-refractivity contribution is -0.117. The molecule has 0 spiro atoms. The lowest BCUT2D eigenvalue weighted by Gasteiger charge is -2.36. The van der Waals surface area contributed by atoms with Crippen molar-refractivity contribution >= 4 is 27.3 Å². The first-order valence-corrected chi connectivity index (χ1v) is 12.5. The van der Waals surface area contributed by atoms with Gasteiger partial charge in [-0.15, -0.1) is 0 Å². The topological polar surface area (TPSA) is 70.2 Å². The molecule has 0 aromatic heterocycles. The minimum atomic E-state index is -3.18. The van der Waals surface area contributed by atoms with Crippen LogP contribution in [0.15, 0.2) is 42.5 Å². The highest BCUT2D eigenvalue weighted by Crippen LogP contribution is 2.30. The van der Waals surface area contributed by atoms with Crippen LogP contribution in [0.2, 0.25) is 0 Å². The van der Waals surface area contributed by atoms with Gasteiger partial charge in [-0.1, -0.05) is 17.7 Å². The Labute approximate surface area is 184 Å². The van der Waals surface area contributed by atoms with Crippen molar-refractivity contribution in [2.45, 2.75) is 26.4 Å². The van der Waals surface area contributed by atoms with Gasteiger partial charge in [0.05, 0.1) is 6.26 Å². The van der Waals surface area contributed by atoms with Crippen LogP contribution in [0.3, 0.4) is 0 Å². The van der Waals surface area contributed by atoms with Gasteiger partial charge in [0.15, 0.2) is 0 Å². The maximum Gasteiger partial charge on any atom is 0.227 e. The third-order valence-corrected chi connectivity index (χ3v) is 7.22. The first-order chi connectivity index (χ1) is 14.8. The summed E-state index contributed by atoms with van der Waals surface area (Å²) in [5, 5.41) is 0. The molecule has 2 aliphatic rings. The van der Waals surface area contributed by atoms with Crippen molar-refractivity contribution in [3.63, 3.8) is 0 Å². The predicted octanol–water partition coefficient (Wildman–Crippen LogP) is 2.78. The quantitative estimate of drug-likeness (QED) is 0.687. The number of ether oxygens (including phenoxy) is 1. The van der Waals surface area contributed by atoms with Crippen LogP contribution in [-0.2, 0) is 21.4 Å². The van der Waals surface area contributed by atoms with Crippen LogP contribution in [0, 0.1) is 6.92 Å². The number of hydrogen-bond acceptors (Lipinski definition) is 5. The average molecular weight is 444 g/mol. The molecule has 166 valence electrons. The van der Waals surface area contributed by atoms with Gasteiger partial charge >= 0.3 is 0 Å². The van der Waals surface area contributed by atoms with E-state index in [1.165, 1.54) is 16.1 Å². The Hall–Kier alpha value is -2.58. The van der Waals surface area contributed by atoms with Crippen LogP contribution in [0.5, 0.6) is 5.75 Å². The molecule has 2 saturated heterocycles. The Bertz CT molecular complexity index is 1040. The molecule has 0 saturated carbocycles. The Balaban J connectivity index is 1.57. The van der Waals surface area contributed by atoms with E-state index in [-0.39, 0.29) is 5.91 Å². The number of anilines is 2.